The van der Waals surface area contributed by atoms with Crippen molar-refractivity contribution in [1.82, 2.24) is 4.90 Å². The summed E-state index contributed by atoms with van der Waals surface area (Å²) < 4.78 is 6.46. The lowest BCUT2D eigenvalue weighted by molar-refractivity contribution is -0.116. The second kappa shape index (κ2) is 8.33. The van der Waals surface area contributed by atoms with E-state index in [4.69, 9.17) is 4.74 Å². The summed E-state index contributed by atoms with van der Waals surface area (Å²) >= 11 is 0. The molecule has 1 amide bonds. The molecule has 1 aliphatic carbocycles. The second-order valence-electron chi connectivity index (χ2n) is 10.0. The number of phenolic OH excluding ortho intramolecular Hbond substituents is 1. The van der Waals surface area contributed by atoms with Crippen molar-refractivity contribution in [2.75, 3.05) is 13.1 Å². The molecule has 5 nitrogen and oxygen atoms in total. The topological polar surface area (TPSA) is 66.8 Å². The number of aromatic hydroxyl groups is 1. The van der Waals surface area contributed by atoms with Crippen LogP contribution in [0.2, 0.25) is 0 Å². The molecule has 1 aromatic rings. The number of ketones is 1. The molecule has 4 rings (SSSR count). The maximum Gasteiger partial charge on any atom is 0.258 e. The largest absolute Gasteiger partial charge is 0.507 e. The van der Waals surface area contributed by atoms with Crippen LogP contribution in [0.5, 0.6) is 11.5 Å². The summed E-state index contributed by atoms with van der Waals surface area (Å²) in [7, 11) is 0. The number of amides is 1. The van der Waals surface area contributed by atoms with Crippen molar-refractivity contribution in [3.8, 4) is 11.5 Å². The molecule has 2 atom stereocenters. The molecule has 0 radical (unpaired) electrons. The molecule has 2 heterocycles. The molecule has 2 unspecified atom stereocenters. The number of fused-ring (bicyclic) bond motifs is 3. The van der Waals surface area contributed by atoms with Crippen LogP contribution in [-0.4, -0.2) is 40.4 Å². The van der Waals surface area contributed by atoms with Gasteiger partial charge in [-0.25, -0.2) is 0 Å². The Morgan fingerprint density at radius 3 is 2.74 bits per heavy atom. The van der Waals surface area contributed by atoms with E-state index in [-0.39, 0.29) is 41.4 Å². The Balaban J connectivity index is 1.84. The van der Waals surface area contributed by atoms with Gasteiger partial charge >= 0.3 is 0 Å². The maximum atomic E-state index is 13.5. The Kier molecular flexibility index (Phi) is 5.89. The van der Waals surface area contributed by atoms with Crippen molar-refractivity contribution in [2.24, 2.45) is 5.92 Å². The zero-order valence-electron chi connectivity index (χ0n) is 19.3. The predicted octanol–water partition coefficient (Wildman–Crippen LogP) is 5.15. The number of nitrogens with zero attached hydrogens (tertiary/aromatic N) is 1. The van der Waals surface area contributed by atoms with Crippen LogP contribution < -0.4 is 4.74 Å². The smallest absolute Gasteiger partial charge is 0.258 e. The normalized spacial score (nSPS) is 24.3. The average molecular weight is 426 g/mol. The van der Waals surface area contributed by atoms with Crippen LogP contribution in [0.25, 0.3) is 0 Å². The number of unbranched alkanes of at least 4 members (excludes halogenated alkanes) is 2. The van der Waals surface area contributed by atoms with E-state index in [9.17, 15) is 14.7 Å². The molecule has 1 saturated heterocycles. The third kappa shape index (κ3) is 3.99. The highest BCUT2D eigenvalue weighted by molar-refractivity contribution is 6.02. The van der Waals surface area contributed by atoms with Crippen LogP contribution in [0.15, 0.2) is 17.7 Å². The van der Waals surface area contributed by atoms with Gasteiger partial charge in [0.25, 0.3) is 5.91 Å². The summed E-state index contributed by atoms with van der Waals surface area (Å²) in [5, 5.41) is 11.5. The first-order valence-electron chi connectivity index (χ1n) is 11.8. The number of benzene rings is 1. The summed E-state index contributed by atoms with van der Waals surface area (Å²) in [5.74, 6) is 0.894. The highest BCUT2D eigenvalue weighted by atomic mass is 16.5. The van der Waals surface area contributed by atoms with E-state index < -0.39 is 0 Å². The quantitative estimate of drug-likeness (QED) is 0.523. The number of likely N-dealkylation sites (tertiary alicyclic amines) is 1. The fraction of sp³-hybridized carbons (Fsp3) is 0.615. The van der Waals surface area contributed by atoms with Crippen LogP contribution in [-0.2, 0) is 11.2 Å². The first kappa shape index (κ1) is 21.9. The Hall–Kier alpha value is -2.30. The van der Waals surface area contributed by atoms with Gasteiger partial charge in [-0.2, -0.15) is 0 Å². The van der Waals surface area contributed by atoms with Gasteiger partial charge in [-0.1, -0.05) is 31.4 Å². The molecule has 2 aliphatic heterocycles. The minimum Gasteiger partial charge on any atom is -0.507 e. The molecule has 1 fully saturated rings. The van der Waals surface area contributed by atoms with Gasteiger partial charge < -0.3 is 14.7 Å². The number of Topliss-reactive ketones (excluding diaryl/α,β-unsaturated/α-hetero) is 1. The first-order valence-corrected chi connectivity index (χ1v) is 11.8. The van der Waals surface area contributed by atoms with Crippen molar-refractivity contribution in [3.05, 3.63) is 34.4 Å². The van der Waals surface area contributed by atoms with E-state index in [2.05, 4.69) is 33.8 Å². The lowest BCUT2D eigenvalue weighted by atomic mass is 9.67. The molecule has 5 heteroatoms. The van der Waals surface area contributed by atoms with Gasteiger partial charge in [0.2, 0.25) is 0 Å². The lowest BCUT2D eigenvalue weighted by Crippen LogP contribution is -2.45. The molecule has 0 aromatic heterocycles. The van der Waals surface area contributed by atoms with E-state index in [0.717, 1.165) is 43.2 Å². The van der Waals surface area contributed by atoms with Crippen molar-refractivity contribution in [1.29, 1.82) is 0 Å². The Morgan fingerprint density at radius 1 is 1.29 bits per heavy atom. The van der Waals surface area contributed by atoms with Crippen LogP contribution >= 0.6 is 0 Å². The number of phenols is 1. The fourth-order valence-corrected chi connectivity index (χ4v) is 5.57. The highest BCUT2D eigenvalue weighted by Crippen LogP contribution is 2.54. The molecular formula is C26H35NO4. The second-order valence-corrected chi connectivity index (χ2v) is 10.0. The summed E-state index contributed by atoms with van der Waals surface area (Å²) in [5.41, 5.74) is 2.93. The molecule has 0 bridgehead atoms. The Labute approximate surface area is 185 Å². The van der Waals surface area contributed by atoms with E-state index in [1.807, 2.05) is 6.07 Å². The maximum absolute atomic E-state index is 13.5. The van der Waals surface area contributed by atoms with Gasteiger partial charge in [0, 0.05) is 30.4 Å². The Morgan fingerprint density at radius 2 is 2.06 bits per heavy atom. The molecular weight excluding hydrogens is 390 g/mol. The minimum absolute atomic E-state index is 0.0314. The molecule has 0 saturated carbocycles. The summed E-state index contributed by atoms with van der Waals surface area (Å²) in [6.45, 7) is 9.11. The number of aryl methyl sites for hydroxylation is 1. The number of carbonyl (C=O) groups excluding carboxylic acids is 2. The van der Waals surface area contributed by atoms with E-state index in [1.165, 1.54) is 5.57 Å². The third-order valence-electron chi connectivity index (χ3n) is 7.31. The van der Waals surface area contributed by atoms with Crippen LogP contribution in [0.1, 0.15) is 93.6 Å². The molecule has 1 N–H and O–H groups in total. The zero-order chi connectivity index (χ0) is 22.3. The van der Waals surface area contributed by atoms with Gasteiger partial charge in [0.15, 0.2) is 5.78 Å². The number of carbonyl (C=O) groups is 2. The molecule has 31 heavy (non-hydrogen) atoms. The molecule has 1 aromatic carbocycles. The summed E-state index contributed by atoms with van der Waals surface area (Å²) in [6, 6.07) is 1.99. The van der Waals surface area contributed by atoms with Gasteiger partial charge in [-0.05, 0) is 58.1 Å². The fourth-order valence-electron chi connectivity index (χ4n) is 5.57. The third-order valence-corrected chi connectivity index (χ3v) is 7.31. The summed E-state index contributed by atoms with van der Waals surface area (Å²) in [4.78, 5) is 26.9. The van der Waals surface area contributed by atoms with Crippen molar-refractivity contribution < 1.29 is 19.4 Å². The lowest BCUT2D eigenvalue weighted by Gasteiger charge is -2.46. The predicted molar refractivity (Wildman–Crippen MR) is 121 cm³/mol. The SMILES string of the molecule is CCCCCc1cc2c(c(O)c1C(=O)N1CCC(=O)C1)C1C=C(C)CCC1C(C)(C)O2. The number of ether oxygens (including phenoxy) is 1. The van der Waals surface area contributed by atoms with Crippen molar-refractivity contribution in [2.45, 2.75) is 84.2 Å². The Bertz CT molecular complexity index is 930. The van der Waals surface area contributed by atoms with E-state index in [1.54, 1.807) is 4.90 Å². The van der Waals surface area contributed by atoms with Crippen LogP contribution in [0.4, 0.5) is 0 Å². The number of allylic oxidation sites excluding steroid dienone is 2. The molecule has 3 aliphatic rings. The molecule has 168 valence electrons. The van der Waals surface area contributed by atoms with Gasteiger partial charge in [0.1, 0.15) is 17.1 Å². The number of hydrogen-bond donors (Lipinski definition) is 1. The standard InChI is InChI=1S/C26H35NO4/c1-5-6-7-8-17-14-21-23(19-13-16(2)9-10-20(19)26(3,4)31-21)24(29)22(17)25(30)27-12-11-18(28)15-27/h13-14,19-20,29H,5-12,15H2,1-4H3. The van der Waals surface area contributed by atoms with E-state index >= 15 is 0 Å². The van der Waals surface area contributed by atoms with Crippen LogP contribution in [0.3, 0.4) is 0 Å². The minimum atomic E-state index is -0.338. The van der Waals surface area contributed by atoms with Crippen molar-refractivity contribution >= 4 is 11.7 Å². The molecule has 0 spiro atoms. The average Bonchev–Trinajstić information content (AvgIpc) is 3.13. The highest BCUT2D eigenvalue weighted by Gasteiger charge is 2.46. The van der Waals surface area contributed by atoms with Gasteiger partial charge in [0.05, 0.1) is 12.1 Å². The number of hydrogen-bond acceptors (Lipinski definition) is 4. The first-order chi connectivity index (χ1) is 14.7. The van der Waals surface area contributed by atoms with Gasteiger partial charge in [-0.3, -0.25) is 9.59 Å². The zero-order valence-corrected chi connectivity index (χ0v) is 19.3. The summed E-state index contributed by atoms with van der Waals surface area (Å²) in [6.07, 6.45) is 8.48. The van der Waals surface area contributed by atoms with Crippen LogP contribution in [0, 0.1) is 5.92 Å². The van der Waals surface area contributed by atoms with Gasteiger partial charge in [-0.15, -0.1) is 0 Å². The van der Waals surface area contributed by atoms with E-state index in [0.29, 0.717) is 30.7 Å². The number of rotatable bonds is 5. The monoisotopic (exact) mass is 425 g/mol. The van der Waals surface area contributed by atoms with Crippen molar-refractivity contribution in [3.63, 3.8) is 0 Å².